The van der Waals surface area contributed by atoms with E-state index in [1.807, 2.05) is 37.5 Å². The molecule has 2 N–H and O–H groups in total. The molecular weight excluding hydrogens is 318 g/mol. The van der Waals surface area contributed by atoms with Gasteiger partial charge in [0.05, 0.1) is 6.54 Å². The van der Waals surface area contributed by atoms with E-state index in [1.54, 1.807) is 23.0 Å². The maximum atomic E-state index is 12.1. The number of carbonyl (C=O) groups excluding carboxylic acids is 1. The Bertz CT molecular complexity index is 793. The minimum Gasteiger partial charge on any atom is -0.454 e. The number of hydrogen-bond donors (Lipinski definition) is 2. The van der Waals surface area contributed by atoms with E-state index < -0.39 is 0 Å². The monoisotopic (exact) mass is 339 g/mol. The number of rotatable bonds is 8. The molecule has 7 heteroatoms. The first-order valence-corrected chi connectivity index (χ1v) is 8.21. The second kappa shape index (κ2) is 8.14. The topological polar surface area (TPSA) is 85.0 Å². The van der Waals surface area contributed by atoms with Crippen LogP contribution >= 0.6 is 0 Å². The lowest BCUT2D eigenvalue weighted by Crippen LogP contribution is -2.25. The van der Waals surface area contributed by atoms with Crippen LogP contribution in [0.25, 0.3) is 0 Å². The maximum absolute atomic E-state index is 12.1. The van der Waals surface area contributed by atoms with Gasteiger partial charge in [-0.1, -0.05) is 6.07 Å². The van der Waals surface area contributed by atoms with E-state index in [1.165, 1.54) is 0 Å². The lowest BCUT2D eigenvalue weighted by molar-refractivity contribution is 0.0924. The Morgan fingerprint density at radius 2 is 2.16 bits per heavy atom. The molecule has 0 atom stereocenters. The highest BCUT2D eigenvalue weighted by molar-refractivity contribution is 5.91. The van der Waals surface area contributed by atoms with Gasteiger partial charge in [-0.05, 0) is 43.2 Å². The second-order valence-corrected chi connectivity index (χ2v) is 5.73. The zero-order chi connectivity index (χ0) is 17.5. The number of furan rings is 1. The molecule has 0 spiro atoms. The summed E-state index contributed by atoms with van der Waals surface area (Å²) in [5, 5.41) is 10.2. The molecular formula is C18H21N5O2. The van der Waals surface area contributed by atoms with Gasteiger partial charge in [-0.15, -0.1) is 0 Å². The van der Waals surface area contributed by atoms with Gasteiger partial charge in [0.15, 0.2) is 5.76 Å². The minimum absolute atomic E-state index is 0.208. The van der Waals surface area contributed by atoms with Crippen molar-refractivity contribution in [3.8, 4) is 0 Å². The Labute approximate surface area is 146 Å². The summed E-state index contributed by atoms with van der Waals surface area (Å²) < 4.78 is 7.30. The second-order valence-electron chi connectivity index (χ2n) is 5.73. The fourth-order valence-electron chi connectivity index (χ4n) is 2.30. The highest BCUT2D eigenvalue weighted by atomic mass is 16.4. The number of carbonyl (C=O) groups is 1. The average Bonchev–Trinajstić information content (AvgIpc) is 3.28. The minimum atomic E-state index is -0.208. The van der Waals surface area contributed by atoms with Crippen LogP contribution in [0.4, 0.5) is 5.82 Å². The van der Waals surface area contributed by atoms with Crippen molar-refractivity contribution >= 4 is 11.7 Å². The van der Waals surface area contributed by atoms with Gasteiger partial charge in [0.1, 0.15) is 11.6 Å². The van der Waals surface area contributed by atoms with Crippen LogP contribution in [0, 0.1) is 6.92 Å². The fourth-order valence-corrected chi connectivity index (χ4v) is 2.30. The van der Waals surface area contributed by atoms with Crippen LogP contribution in [0.15, 0.2) is 53.3 Å². The summed E-state index contributed by atoms with van der Waals surface area (Å²) in [4.78, 5) is 16.3. The average molecular weight is 339 g/mol. The molecule has 0 radical (unpaired) electrons. The van der Waals surface area contributed by atoms with E-state index in [0.29, 0.717) is 24.6 Å². The van der Waals surface area contributed by atoms with Gasteiger partial charge < -0.3 is 15.1 Å². The maximum Gasteiger partial charge on any atom is 0.286 e. The van der Waals surface area contributed by atoms with Crippen LogP contribution < -0.4 is 10.6 Å². The van der Waals surface area contributed by atoms with Crippen LogP contribution in [0.3, 0.4) is 0 Å². The molecule has 0 aliphatic carbocycles. The predicted molar refractivity (Wildman–Crippen MR) is 94.5 cm³/mol. The smallest absolute Gasteiger partial charge is 0.286 e. The summed E-state index contributed by atoms with van der Waals surface area (Å²) in [6.45, 7) is 3.81. The summed E-state index contributed by atoms with van der Waals surface area (Å²) >= 11 is 0. The van der Waals surface area contributed by atoms with Crippen LogP contribution in [0.2, 0.25) is 0 Å². The van der Waals surface area contributed by atoms with E-state index in [0.717, 1.165) is 24.3 Å². The summed E-state index contributed by atoms with van der Waals surface area (Å²) in [5.74, 6) is 1.64. The van der Waals surface area contributed by atoms with Crippen LogP contribution in [-0.2, 0) is 6.54 Å². The summed E-state index contributed by atoms with van der Waals surface area (Å²) in [6, 6.07) is 9.27. The summed E-state index contributed by atoms with van der Waals surface area (Å²) in [6.07, 6.45) is 6.17. The van der Waals surface area contributed by atoms with Crippen molar-refractivity contribution in [1.29, 1.82) is 0 Å². The van der Waals surface area contributed by atoms with E-state index in [4.69, 9.17) is 4.42 Å². The number of aromatic nitrogens is 3. The largest absolute Gasteiger partial charge is 0.454 e. The van der Waals surface area contributed by atoms with Crippen LogP contribution in [0.1, 0.15) is 28.3 Å². The van der Waals surface area contributed by atoms with Gasteiger partial charge in [-0.2, -0.15) is 5.10 Å². The third-order valence-corrected chi connectivity index (χ3v) is 3.62. The normalized spacial score (nSPS) is 10.6. The van der Waals surface area contributed by atoms with E-state index in [-0.39, 0.29) is 5.91 Å². The predicted octanol–water partition coefficient (Wildman–Crippen LogP) is 2.46. The van der Waals surface area contributed by atoms with Crippen molar-refractivity contribution in [2.75, 3.05) is 18.4 Å². The molecule has 0 saturated heterocycles. The third kappa shape index (κ3) is 4.94. The van der Waals surface area contributed by atoms with Crippen LogP contribution in [0.5, 0.6) is 0 Å². The number of aryl methyl sites for hydroxylation is 1. The quantitative estimate of drug-likeness (QED) is 0.616. The molecule has 130 valence electrons. The molecule has 0 unspecified atom stereocenters. The highest BCUT2D eigenvalue weighted by Gasteiger charge is 2.10. The standard InChI is InChI=1S/C18H21N5O2/c1-14-4-7-17(21-12-14)19-8-2-9-20-18(24)16-6-5-15(25-16)13-23-11-3-10-22-23/h3-7,10-12H,2,8-9,13H2,1H3,(H,19,21)(H,20,24). The summed E-state index contributed by atoms with van der Waals surface area (Å²) in [5.41, 5.74) is 1.13. The molecule has 0 saturated carbocycles. The molecule has 25 heavy (non-hydrogen) atoms. The van der Waals surface area contributed by atoms with Crippen molar-refractivity contribution in [1.82, 2.24) is 20.1 Å². The third-order valence-electron chi connectivity index (χ3n) is 3.62. The molecule has 3 heterocycles. The zero-order valence-corrected chi connectivity index (χ0v) is 14.1. The van der Waals surface area contributed by atoms with Gasteiger partial charge in [-0.25, -0.2) is 4.98 Å². The first kappa shape index (κ1) is 16.8. The molecule has 3 aromatic heterocycles. The number of hydrogen-bond acceptors (Lipinski definition) is 5. The van der Waals surface area contributed by atoms with Gasteiger partial charge >= 0.3 is 0 Å². The molecule has 0 aliphatic heterocycles. The Morgan fingerprint density at radius 3 is 2.92 bits per heavy atom. The number of nitrogens with one attached hydrogen (secondary N) is 2. The molecule has 0 aliphatic rings. The van der Waals surface area contributed by atoms with E-state index in [9.17, 15) is 4.79 Å². The fraction of sp³-hybridized carbons (Fsp3) is 0.278. The van der Waals surface area contributed by atoms with Gasteiger partial charge in [0, 0.05) is 31.7 Å². The lowest BCUT2D eigenvalue weighted by Gasteiger charge is -2.06. The van der Waals surface area contributed by atoms with E-state index >= 15 is 0 Å². The van der Waals surface area contributed by atoms with Crippen molar-refractivity contribution < 1.29 is 9.21 Å². The Kier molecular flexibility index (Phi) is 5.46. The summed E-state index contributed by atoms with van der Waals surface area (Å²) in [7, 11) is 0. The van der Waals surface area contributed by atoms with Crippen LogP contribution in [-0.4, -0.2) is 33.8 Å². The van der Waals surface area contributed by atoms with E-state index in [2.05, 4.69) is 20.7 Å². The molecule has 3 rings (SSSR count). The number of amides is 1. The first-order valence-electron chi connectivity index (χ1n) is 8.21. The first-order chi connectivity index (χ1) is 12.2. The highest BCUT2D eigenvalue weighted by Crippen LogP contribution is 2.09. The van der Waals surface area contributed by atoms with Gasteiger partial charge in [-0.3, -0.25) is 9.48 Å². The molecule has 1 amide bonds. The molecule has 7 nitrogen and oxygen atoms in total. The number of anilines is 1. The molecule has 0 aromatic carbocycles. The van der Waals surface area contributed by atoms with Crippen molar-refractivity contribution in [2.24, 2.45) is 0 Å². The van der Waals surface area contributed by atoms with Crippen molar-refractivity contribution in [2.45, 2.75) is 19.9 Å². The molecule has 0 fully saturated rings. The lowest BCUT2D eigenvalue weighted by atomic mass is 10.3. The Hall–Kier alpha value is -3.09. The Morgan fingerprint density at radius 1 is 1.24 bits per heavy atom. The Balaban J connectivity index is 1.37. The zero-order valence-electron chi connectivity index (χ0n) is 14.1. The molecule has 3 aromatic rings. The van der Waals surface area contributed by atoms with Crippen molar-refractivity contribution in [3.63, 3.8) is 0 Å². The van der Waals surface area contributed by atoms with Gasteiger partial charge in [0.25, 0.3) is 5.91 Å². The number of nitrogens with zero attached hydrogens (tertiary/aromatic N) is 3. The van der Waals surface area contributed by atoms with Crippen molar-refractivity contribution in [3.05, 3.63) is 66.0 Å². The number of pyridine rings is 1. The van der Waals surface area contributed by atoms with Gasteiger partial charge in [0.2, 0.25) is 0 Å². The SMILES string of the molecule is Cc1ccc(NCCCNC(=O)c2ccc(Cn3cccn3)o2)nc1. The molecule has 0 bridgehead atoms.